The summed E-state index contributed by atoms with van der Waals surface area (Å²) >= 11 is 0. The summed E-state index contributed by atoms with van der Waals surface area (Å²) in [5.41, 5.74) is 1.02. The minimum Gasteiger partial charge on any atom is -0.326 e. The normalized spacial score (nSPS) is 21.4. The van der Waals surface area contributed by atoms with E-state index in [1.54, 1.807) is 6.20 Å². The van der Waals surface area contributed by atoms with Crippen LogP contribution in [0, 0.1) is 0 Å². The maximum Gasteiger partial charge on any atom is 0.323 e. The zero-order chi connectivity index (χ0) is 14.1. The summed E-state index contributed by atoms with van der Waals surface area (Å²) in [7, 11) is 0. The first kappa shape index (κ1) is 12.6. The molecule has 3 heterocycles. The Morgan fingerprint density at radius 3 is 3.05 bits per heavy atom. The number of imide groups is 1. The highest BCUT2D eigenvalue weighted by molar-refractivity contribution is 6.03. The van der Waals surface area contributed by atoms with Gasteiger partial charge in [-0.3, -0.25) is 19.8 Å². The standard InChI is InChI=1S/C13H14N4O3/c18-10-4-3-9(12(19)16-10)15-13(20)17-7-5-8-2-1-6-14-11(8)17/h1-2,6,9H,3-5,7H2,(H,15,20)(H,16,18,19)/t9-/m1/s1. The van der Waals surface area contributed by atoms with Crippen LogP contribution < -0.4 is 15.5 Å². The summed E-state index contributed by atoms with van der Waals surface area (Å²) in [4.78, 5) is 40.6. The second-order valence-electron chi connectivity index (χ2n) is 4.84. The number of nitrogens with one attached hydrogen (secondary N) is 2. The van der Waals surface area contributed by atoms with Gasteiger partial charge in [-0.2, -0.15) is 0 Å². The van der Waals surface area contributed by atoms with Gasteiger partial charge in [0.15, 0.2) is 0 Å². The van der Waals surface area contributed by atoms with Crippen LogP contribution in [0.5, 0.6) is 0 Å². The lowest BCUT2D eigenvalue weighted by Gasteiger charge is -2.24. The predicted molar refractivity (Wildman–Crippen MR) is 70.0 cm³/mol. The number of piperidine rings is 1. The molecule has 2 aliphatic heterocycles. The van der Waals surface area contributed by atoms with Gasteiger partial charge >= 0.3 is 6.03 Å². The third kappa shape index (κ3) is 2.22. The van der Waals surface area contributed by atoms with Gasteiger partial charge in [-0.05, 0) is 24.5 Å². The molecule has 7 heteroatoms. The van der Waals surface area contributed by atoms with Gasteiger partial charge in [0.2, 0.25) is 11.8 Å². The van der Waals surface area contributed by atoms with Crippen molar-refractivity contribution in [1.82, 2.24) is 15.6 Å². The average Bonchev–Trinajstić information content (AvgIpc) is 2.86. The quantitative estimate of drug-likeness (QED) is 0.703. The van der Waals surface area contributed by atoms with Crippen molar-refractivity contribution >= 4 is 23.7 Å². The van der Waals surface area contributed by atoms with E-state index >= 15 is 0 Å². The molecular weight excluding hydrogens is 260 g/mol. The molecule has 20 heavy (non-hydrogen) atoms. The molecule has 1 atom stereocenters. The molecule has 0 saturated carbocycles. The zero-order valence-electron chi connectivity index (χ0n) is 10.8. The van der Waals surface area contributed by atoms with Crippen molar-refractivity contribution < 1.29 is 14.4 Å². The highest BCUT2D eigenvalue weighted by atomic mass is 16.2. The number of pyridine rings is 1. The summed E-state index contributed by atoms with van der Waals surface area (Å²) in [5, 5.41) is 4.87. The van der Waals surface area contributed by atoms with Crippen LogP contribution >= 0.6 is 0 Å². The van der Waals surface area contributed by atoms with Crippen LogP contribution in [-0.2, 0) is 16.0 Å². The number of anilines is 1. The third-order valence-electron chi connectivity index (χ3n) is 3.51. The van der Waals surface area contributed by atoms with E-state index in [-0.39, 0.29) is 18.4 Å². The minimum absolute atomic E-state index is 0.242. The lowest BCUT2D eigenvalue weighted by molar-refractivity contribution is -0.134. The third-order valence-corrected chi connectivity index (χ3v) is 3.51. The van der Waals surface area contributed by atoms with Crippen molar-refractivity contribution in [3.8, 4) is 0 Å². The number of fused-ring (bicyclic) bond motifs is 1. The molecule has 2 N–H and O–H groups in total. The summed E-state index contributed by atoms with van der Waals surface area (Å²) in [6.45, 7) is 0.547. The van der Waals surface area contributed by atoms with Crippen molar-refractivity contribution in [3.05, 3.63) is 23.9 Å². The number of aromatic nitrogens is 1. The summed E-state index contributed by atoms with van der Waals surface area (Å²) < 4.78 is 0. The Hall–Kier alpha value is -2.44. The molecular formula is C13H14N4O3. The summed E-state index contributed by atoms with van der Waals surface area (Å²) in [6.07, 6.45) is 2.97. The number of nitrogens with zero attached hydrogens (tertiary/aromatic N) is 2. The van der Waals surface area contributed by atoms with Crippen LogP contribution in [0.25, 0.3) is 0 Å². The average molecular weight is 274 g/mol. The highest BCUT2D eigenvalue weighted by Gasteiger charge is 2.32. The molecule has 0 spiro atoms. The number of hydrogen-bond donors (Lipinski definition) is 2. The Morgan fingerprint density at radius 1 is 1.40 bits per heavy atom. The van der Waals surface area contributed by atoms with Crippen molar-refractivity contribution in [3.63, 3.8) is 0 Å². The van der Waals surface area contributed by atoms with E-state index in [4.69, 9.17) is 0 Å². The Bertz CT molecular complexity index is 587. The molecule has 0 radical (unpaired) electrons. The molecule has 0 aromatic carbocycles. The van der Waals surface area contributed by atoms with Gasteiger partial charge in [0.1, 0.15) is 11.9 Å². The molecule has 4 amide bonds. The van der Waals surface area contributed by atoms with Gasteiger partial charge in [-0.15, -0.1) is 0 Å². The van der Waals surface area contributed by atoms with Gasteiger partial charge in [-0.25, -0.2) is 9.78 Å². The first-order valence-corrected chi connectivity index (χ1v) is 6.51. The number of carbonyl (C=O) groups excluding carboxylic acids is 3. The minimum atomic E-state index is -0.659. The Kier molecular flexibility index (Phi) is 3.09. The Morgan fingerprint density at radius 2 is 2.25 bits per heavy atom. The van der Waals surface area contributed by atoms with Crippen molar-refractivity contribution in [2.24, 2.45) is 0 Å². The van der Waals surface area contributed by atoms with Crippen LogP contribution in [0.15, 0.2) is 18.3 Å². The predicted octanol–water partition coefficient (Wildman–Crippen LogP) is -0.0411. The molecule has 0 aliphatic carbocycles. The van der Waals surface area contributed by atoms with E-state index in [0.717, 1.165) is 12.0 Å². The van der Waals surface area contributed by atoms with E-state index in [1.807, 2.05) is 12.1 Å². The summed E-state index contributed by atoms with van der Waals surface area (Å²) in [5.74, 6) is -0.110. The smallest absolute Gasteiger partial charge is 0.323 e. The highest BCUT2D eigenvalue weighted by Crippen LogP contribution is 2.24. The Balaban J connectivity index is 1.69. The SMILES string of the molecule is O=C1CC[C@@H](NC(=O)N2CCc3cccnc32)C(=O)N1. The molecule has 3 rings (SSSR count). The van der Waals surface area contributed by atoms with Crippen LogP contribution in [0.4, 0.5) is 10.6 Å². The van der Waals surface area contributed by atoms with E-state index in [0.29, 0.717) is 18.8 Å². The molecule has 0 bridgehead atoms. The lowest BCUT2D eigenvalue weighted by Crippen LogP contribution is -2.55. The van der Waals surface area contributed by atoms with E-state index in [1.165, 1.54) is 4.90 Å². The number of rotatable bonds is 1. The van der Waals surface area contributed by atoms with Crippen LogP contribution in [0.3, 0.4) is 0 Å². The fourth-order valence-corrected chi connectivity index (χ4v) is 2.46. The van der Waals surface area contributed by atoms with Gasteiger partial charge < -0.3 is 5.32 Å². The van der Waals surface area contributed by atoms with Gasteiger partial charge in [-0.1, -0.05) is 6.07 Å². The molecule has 0 unspecified atom stereocenters. The maximum absolute atomic E-state index is 12.2. The monoisotopic (exact) mass is 274 g/mol. The van der Waals surface area contributed by atoms with Crippen LogP contribution in [0.1, 0.15) is 18.4 Å². The van der Waals surface area contributed by atoms with Crippen molar-refractivity contribution in [2.45, 2.75) is 25.3 Å². The number of amides is 4. The number of urea groups is 1. The topological polar surface area (TPSA) is 91.4 Å². The molecule has 7 nitrogen and oxygen atoms in total. The molecule has 2 aliphatic rings. The molecule has 1 aromatic heterocycles. The first-order valence-electron chi connectivity index (χ1n) is 6.51. The Labute approximate surface area is 115 Å². The second kappa shape index (κ2) is 4.92. The van der Waals surface area contributed by atoms with Crippen LogP contribution in [0.2, 0.25) is 0 Å². The maximum atomic E-state index is 12.2. The van der Waals surface area contributed by atoms with E-state index in [9.17, 15) is 14.4 Å². The fraction of sp³-hybridized carbons (Fsp3) is 0.385. The molecule has 1 saturated heterocycles. The van der Waals surface area contributed by atoms with Gasteiger partial charge in [0, 0.05) is 19.2 Å². The van der Waals surface area contributed by atoms with E-state index < -0.39 is 11.9 Å². The van der Waals surface area contributed by atoms with E-state index in [2.05, 4.69) is 15.6 Å². The fourth-order valence-electron chi connectivity index (χ4n) is 2.46. The van der Waals surface area contributed by atoms with Crippen LogP contribution in [-0.4, -0.2) is 35.4 Å². The first-order chi connectivity index (χ1) is 9.65. The lowest BCUT2D eigenvalue weighted by atomic mass is 10.1. The molecule has 1 fully saturated rings. The largest absolute Gasteiger partial charge is 0.326 e. The summed E-state index contributed by atoms with van der Waals surface area (Å²) in [6, 6.07) is 2.76. The number of carbonyl (C=O) groups is 3. The van der Waals surface area contributed by atoms with Gasteiger partial charge in [0.05, 0.1) is 0 Å². The number of hydrogen-bond acceptors (Lipinski definition) is 4. The van der Waals surface area contributed by atoms with Crippen molar-refractivity contribution in [2.75, 3.05) is 11.4 Å². The molecule has 104 valence electrons. The van der Waals surface area contributed by atoms with Gasteiger partial charge in [0.25, 0.3) is 0 Å². The molecule has 1 aromatic rings. The second-order valence-corrected chi connectivity index (χ2v) is 4.84. The zero-order valence-corrected chi connectivity index (χ0v) is 10.8. The van der Waals surface area contributed by atoms with Crippen molar-refractivity contribution in [1.29, 1.82) is 0 Å².